The number of hydrogen-bond donors (Lipinski definition) is 1. The first-order chi connectivity index (χ1) is 24.8. The van der Waals surface area contributed by atoms with Gasteiger partial charge in [0.2, 0.25) is 0 Å². The van der Waals surface area contributed by atoms with Crippen molar-refractivity contribution in [2.75, 3.05) is 0 Å². The Bertz CT molecular complexity index is 2520. The number of aliphatic imine (C=N–C) groups is 2. The van der Waals surface area contributed by atoms with Gasteiger partial charge in [0.1, 0.15) is 23.5 Å². The third-order valence-corrected chi connectivity index (χ3v) is 9.98. The second-order valence-corrected chi connectivity index (χ2v) is 13.0. The first-order valence-corrected chi connectivity index (χ1v) is 17.1. The zero-order valence-electron chi connectivity index (χ0n) is 27.2. The molecule has 0 spiro atoms. The standard InChI is InChI=1S/C45H32N4O/c1-3-12-29(13-4-1)31-16-11-17-32(26-31)44-46-43(30-14-5-2-6-15-30)47-45(48-44)33-22-24-37-38-25-23-34(28-42(38)50-41(37)27-33)49-39-20-9-7-18-35(39)36-19-8-10-21-40(36)49/h1-27,42,44H,28H2,(H,46,47,48). The number of nitrogens with one attached hydrogen (secondary N) is 1. The normalized spacial score (nSPS) is 17.9. The first kappa shape index (κ1) is 28.5. The van der Waals surface area contributed by atoms with Crippen LogP contribution in [0, 0.1) is 0 Å². The lowest BCUT2D eigenvalue weighted by atomic mass is 9.94. The van der Waals surface area contributed by atoms with E-state index in [0.717, 1.165) is 51.7 Å². The van der Waals surface area contributed by atoms with Gasteiger partial charge in [0.25, 0.3) is 0 Å². The summed E-state index contributed by atoms with van der Waals surface area (Å²) in [5.74, 6) is 2.45. The Morgan fingerprint density at radius 2 is 1.20 bits per heavy atom. The maximum absolute atomic E-state index is 6.75. The predicted molar refractivity (Wildman–Crippen MR) is 204 cm³/mol. The van der Waals surface area contributed by atoms with Crippen LogP contribution in [0.5, 0.6) is 5.75 Å². The molecule has 3 aliphatic rings. The van der Waals surface area contributed by atoms with E-state index >= 15 is 0 Å². The van der Waals surface area contributed by atoms with Crippen molar-refractivity contribution < 1.29 is 4.74 Å². The molecule has 6 aromatic carbocycles. The fourth-order valence-corrected chi connectivity index (χ4v) is 7.58. The van der Waals surface area contributed by atoms with E-state index in [0.29, 0.717) is 0 Å². The monoisotopic (exact) mass is 644 g/mol. The highest BCUT2D eigenvalue weighted by atomic mass is 16.5. The molecule has 1 aromatic heterocycles. The largest absolute Gasteiger partial charge is 0.485 e. The molecule has 7 aromatic rings. The Morgan fingerprint density at radius 1 is 0.560 bits per heavy atom. The molecule has 3 heterocycles. The molecule has 5 nitrogen and oxygen atoms in total. The predicted octanol–water partition coefficient (Wildman–Crippen LogP) is 10.0. The summed E-state index contributed by atoms with van der Waals surface area (Å²) in [6.45, 7) is 0. The summed E-state index contributed by atoms with van der Waals surface area (Å²) in [6, 6.07) is 53.0. The Balaban J connectivity index is 0.999. The number of benzene rings is 6. The number of rotatable bonds is 5. The number of ether oxygens (including phenoxy) is 1. The highest BCUT2D eigenvalue weighted by Crippen LogP contribution is 2.45. The molecule has 50 heavy (non-hydrogen) atoms. The molecule has 1 aliphatic carbocycles. The van der Waals surface area contributed by atoms with Gasteiger partial charge in [-0.25, -0.2) is 9.98 Å². The van der Waals surface area contributed by atoms with Crippen molar-refractivity contribution in [1.82, 2.24) is 9.88 Å². The van der Waals surface area contributed by atoms with Gasteiger partial charge in [0.15, 0.2) is 6.17 Å². The lowest BCUT2D eigenvalue weighted by molar-refractivity contribution is 0.280. The van der Waals surface area contributed by atoms with Gasteiger partial charge in [0.05, 0.1) is 11.0 Å². The van der Waals surface area contributed by atoms with Crippen LogP contribution in [0.4, 0.5) is 0 Å². The summed E-state index contributed by atoms with van der Waals surface area (Å²) in [5, 5.41) is 6.10. The molecule has 0 radical (unpaired) electrons. The number of fused-ring (bicyclic) bond motifs is 6. The van der Waals surface area contributed by atoms with Gasteiger partial charge in [-0.2, -0.15) is 0 Å². The molecule has 0 fully saturated rings. The highest BCUT2D eigenvalue weighted by molar-refractivity contribution is 6.16. The summed E-state index contributed by atoms with van der Waals surface area (Å²) in [5.41, 5.74) is 11.3. The van der Waals surface area contributed by atoms with Gasteiger partial charge in [-0.1, -0.05) is 133 Å². The smallest absolute Gasteiger partial charge is 0.169 e. The second kappa shape index (κ2) is 11.6. The van der Waals surface area contributed by atoms with Crippen LogP contribution in [0.15, 0.2) is 174 Å². The van der Waals surface area contributed by atoms with E-state index in [4.69, 9.17) is 14.7 Å². The van der Waals surface area contributed by atoms with Crippen LogP contribution in [0.25, 0.3) is 44.2 Å². The van der Waals surface area contributed by atoms with Crippen molar-refractivity contribution in [2.45, 2.75) is 18.7 Å². The summed E-state index contributed by atoms with van der Waals surface area (Å²) in [4.78, 5) is 10.3. The Morgan fingerprint density at radius 3 is 1.94 bits per heavy atom. The maximum Gasteiger partial charge on any atom is 0.169 e. The van der Waals surface area contributed by atoms with Crippen LogP contribution in [0.2, 0.25) is 0 Å². The molecule has 2 aliphatic heterocycles. The van der Waals surface area contributed by atoms with Crippen LogP contribution >= 0.6 is 0 Å². The SMILES string of the molecule is C1=C2c3ccc(C4=NC(c5cccc(-c6ccccc6)c5)N=C(c5ccccc5)N4)cc3OC2CC(n2c3ccccc3c3ccccc32)=C1. The van der Waals surface area contributed by atoms with Crippen LogP contribution in [-0.2, 0) is 0 Å². The van der Waals surface area contributed by atoms with Crippen molar-refractivity contribution in [2.24, 2.45) is 9.98 Å². The van der Waals surface area contributed by atoms with E-state index in [2.05, 4.69) is 149 Å². The molecule has 5 heteroatoms. The molecule has 10 rings (SSSR count). The van der Waals surface area contributed by atoms with Gasteiger partial charge >= 0.3 is 0 Å². The van der Waals surface area contributed by atoms with E-state index in [9.17, 15) is 0 Å². The zero-order chi connectivity index (χ0) is 33.0. The molecule has 2 unspecified atom stereocenters. The third kappa shape index (κ3) is 4.78. The van der Waals surface area contributed by atoms with E-state index < -0.39 is 6.17 Å². The molecular formula is C45H32N4O. The van der Waals surface area contributed by atoms with E-state index in [1.54, 1.807) is 0 Å². The minimum Gasteiger partial charge on any atom is -0.485 e. The molecule has 0 amide bonds. The molecule has 238 valence electrons. The van der Waals surface area contributed by atoms with Crippen LogP contribution in [-0.4, -0.2) is 22.3 Å². The van der Waals surface area contributed by atoms with Crippen LogP contribution in [0.3, 0.4) is 0 Å². The van der Waals surface area contributed by atoms with Crippen molar-refractivity contribution in [3.8, 4) is 16.9 Å². The van der Waals surface area contributed by atoms with Gasteiger partial charge in [-0.05, 0) is 47.0 Å². The average molecular weight is 645 g/mol. The Kier molecular flexibility index (Phi) is 6.62. The number of amidine groups is 2. The first-order valence-electron chi connectivity index (χ1n) is 17.1. The van der Waals surface area contributed by atoms with Gasteiger partial charge < -0.3 is 14.6 Å². The highest BCUT2D eigenvalue weighted by Gasteiger charge is 2.33. The van der Waals surface area contributed by atoms with Gasteiger partial charge in [-0.15, -0.1) is 0 Å². The summed E-state index contributed by atoms with van der Waals surface area (Å²) in [7, 11) is 0. The minimum absolute atomic E-state index is 0.0589. The Hall–Kier alpha value is -6.46. The van der Waals surface area contributed by atoms with Crippen LogP contribution < -0.4 is 10.1 Å². The zero-order valence-corrected chi connectivity index (χ0v) is 27.2. The van der Waals surface area contributed by atoms with E-state index in [1.165, 1.54) is 38.6 Å². The number of aromatic nitrogens is 1. The minimum atomic E-state index is -0.400. The fraction of sp³-hybridized carbons (Fsp3) is 0.0667. The lowest BCUT2D eigenvalue weighted by Crippen LogP contribution is -2.36. The average Bonchev–Trinajstić information content (AvgIpc) is 3.73. The molecule has 0 bridgehead atoms. The summed E-state index contributed by atoms with van der Waals surface area (Å²) in [6.07, 6.45) is 4.83. The number of hydrogen-bond acceptors (Lipinski definition) is 4. The molecular weight excluding hydrogens is 613 g/mol. The molecule has 0 saturated carbocycles. The quantitative estimate of drug-likeness (QED) is 0.203. The molecule has 2 atom stereocenters. The third-order valence-electron chi connectivity index (χ3n) is 9.98. The van der Waals surface area contributed by atoms with Crippen molar-refractivity contribution in [3.63, 3.8) is 0 Å². The molecule has 1 N–H and O–H groups in total. The van der Waals surface area contributed by atoms with Crippen molar-refractivity contribution in [3.05, 3.63) is 186 Å². The maximum atomic E-state index is 6.75. The summed E-state index contributed by atoms with van der Waals surface area (Å²) >= 11 is 0. The molecule has 0 saturated heterocycles. The topological polar surface area (TPSA) is 50.9 Å². The van der Waals surface area contributed by atoms with Crippen LogP contribution in [0.1, 0.15) is 34.8 Å². The van der Waals surface area contributed by atoms with Gasteiger partial charge in [-0.3, -0.25) is 0 Å². The Labute approximate surface area is 290 Å². The second-order valence-electron chi connectivity index (χ2n) is 13.0. The summed E-state index contributed by atoms with van der Waals surface area (Å²) < 4.78 is 9.14. The lowest BCUT2D eigenvalue weighted by Gasteiger charge is -2.23. The number of para-hydroxylation sites is 2. The van der Waals surface area contributed by atoms with Crippen molar-refractivity contribution >= 4 is 44.7 Å². The van der Waals surface area contributed by atoms with E-state index in [-0.39, 0.29) is 6.10 Å². The number of allylic oxidation sites excluding steroid dienone is 2. The van der Waals surface area contributed by atoms with Gasteiger partial charge in [0, 0.05) is 45.2 Å². The number of nitrogens with zero attached hydrogens (tertiary/aromatic N) is 3. The fourth-order valence-electron chi connectivity index (χ4n) is 7.58. The van der Waals surface area contributed by atoms with Crippen molar-refractivity contribution in [1.29, 1.82) is 0 Å². The van der Waals surface area contributed by atoms with E-state index in [1.807, 2.05) is 24.3 Å².